The summed E-state index contributed by atoms with van der Waals surface area (Å²) in [7, 11) is 0. The summed E-state index contributed by atoms with van der Waals surface area (Å²) >= 11 is 5.65. The van der Waals surface area contributed by atoms with Crippen LogP contribution in [0.4, 0.5) is 0 Å². The first-order valence-corrected chi connectivity index (χ1v) is 11.7. The Kier molecular flexibility index (Phi) is 8.31. The van der Waals surface area contributed by atoms with Crippen molar-refractivity contribution in [1.29, 1.82) is 5.26 Å². The highest BCUT2D eigenvalue weighted by molar-refractivity contribution is 6.34. The summed E-state index contributed by atoms with van der Waals surface area (Å²) in [5.41, 5.74) is -0.304. The highest BCUT2D eigenvalue weighted by Crippen LogP contribution is 2.60. The zero-order valence-electron chi connectivity index (χ0n) is 19.7. The molecular formula is C27H26ClNO6. The number of ether oxygens (including phenoxy) is 3. The van der Waals surface area contributed by atoms with Gasteiger partial charge in [0.15, 0.2) is 5.78 Å². The minimum atomic E-state index is -1.16. The Morgan fingerprint density at radius 3 is 2.43 bits per heavy atom. The number of hydrogen-bond acceptors (Lipinski definition) is 7. The molecule has 0 spiro atoms. The van der Waals surface area contributed by atoms with Crippen LogP contribution in [0.15, 0.2) is 66.2 Å². The number of alkyl halides is 1. The summed E-state index contributed by atoms with van der Waals surface area (Å²) in [6, 6.07) is 17.9. The van der Waals surface area contributed by atoms with Crippen LogP contribution < -0.4 is 4.74 Å². The highest BCUT2D eigenvalue weighted by Gasteiger charge is 2.62. The molecule has 182 valence electrons. The Morgan fingerprint density at radius 1 is 1.11 bits per heavy atom. The van der Waals surface area contributed by atoms with Gasteiger partial charge >= 0.3 is 11.9 Å². The molecule has 0 heterocycles. The molecule has 1 aliphatic carbocycles. The summed E-state index contributed by atoms with van der Waals surface area (Å²) in [6.45, 7) is 5.37. The number of hydrogen-bond donors (Lipinski definition) is 0. The molecule has 35 heavy (non-hydrogen) atoms. The monoisotopic (exact) mass is 495 g/mol. The van der Waals surface area contributed by atoms with Crippen molar-refractivity contribution in [2.24, 2.45) is 17.3 Å². The van der Waals surface area contributed by atoms with E-state index in [2.05, 4.69) is 0 Å². The first kappa shape index (κ1) is 26.0. The van der Waals surface area contributed by atoms with E-state index in [0.29, 0.717) is 17.1 Å². The number of ketones is 1. The van der Waals surface area contributed by atoms with Gasteiger partial charge in [-0.15, -0.1) is 11.6 Å². The SMILES string of the molecule is CCOC(=O)/C(=C/C1C(C(=O)OC(C#N)c2cccc(Oc3ccccc3)c2)C1(C)C)C(=O)CCl. The van der Waals surface area contributed by atoms with E-state index < -0.39 is 41.1 Å². The lowest BCUT2D eigenvalue weighted by atomic mass is 10.1. The number of nitriles is 1. The molecule has 7 nitrogen and oxygen atoms in total. The highest BCUT2D eigenvalue weighted by atomic mass is 35.5. The lowest BCUT2D eigenvalue weighted by Crippen LogP contribution is -2.18. The van der Waals surface area contributed by atoms with E-state index in [1.165, 1.54) is 6.08 Å². The molecule has 1 fully saturated rings. The number of nitrogens with zero attached hydrogens (tertiary/aromatic N) is 1. The fourth-order valence-electron chi connectivity index (χ4n) is 3.90. The summed E-state index contributed by atoms with van der Waals surface area (Å²) < 4.78 is 16.3. The van der Waals surface area contributed by atoms with Gasteiger partial charge in [0, 0.05) is 5.56 Å². The molecular weight excluding hydrogens is 470 g/mol. The molecule has 3 unspecified atom stereocenters. The van der Waals surface area contributed by atoms with E-state index in [9.17, 15) is 19.6 Å². The van der Waals surface area contributed by atoms with Crippen molar-refractivity contribution in [3.8, 4) is 17.6 Å². The maximum Gasteiger partial charge on any atom is 0.341 e. The first-order valence-electron chi connectivity index (χ1n) is 11.1. The smallest absolute Gasteiger partial charge is 0.341 e. The normalized spacial score (nSPS) is 19.1. The fourth-order valence-corrected chi connectivity index (χ4v) is 4.04. The molecule has 0 amide bonds. The van der Waals surface area contributed by atoms with Crippen LogP contribution >= 0.6 is 11.6 Å². The first-order chi connectivity index (χ1) is 16.7. The Bertz CT molecular complexity index is 1170. The second-order valence-corrected chi connectivity index (χ2v) is 8.88. The Labute approximate surface area is 209 Å². The van der Waals surface area contributed by atoms with Gasteiger partial charge in [-0.3, -0.25) is 9.59 Å². The van der Waals surface area contributed by atoms with E-state index in [-0.39, 0.29) is 18.1 Å². The quantitative estimate of drug-likeness (QED) is 0.147. The standard InChI is InChI=1S/C27H26ClNO6/c1-4-33-25(31)20(22(30)15-28)14-21-24(27(21,2)3)26(32)35-23(16-29)17-9-8-12-19(13-17)34-18-10-6-5-7-11-18/h5-14,21,23-24H,4,15H2,1-3H3/b20-14+. The summed E-state index contributed by atoms with van der Waals surface area (Å²) in [5.74, 6) is -2.31. The molecule has 1 saturated carbocycles. The third-order valence-corrected chi connectivity index (χ3v) is 6.16. The van der Waals surface area contributed by atoms with Crippen LogP contribution in [-0.2, 0) is 23.9 Å². The lowest BCUT2D eigenvalue weighted by molar-refractivity contribution is -0.149. The minimum Gasteiger partial charge on any atom is -0.462 e. The molecule has 2 aromatic carbocycles. The van der Waals surface area contributed by atoms with Gasteiger partial charge in [0.2, 0.25) is 6.10 Å². The van der Waals surface area contributed by atoms with Crippen molar-refractivity contribution in [1.82, 2.24) is 0 Å². The fraction of sp³-hybridized carbons (Fsp3) is 0.333. The second kappa shape index (κ2) is 11.2. The van der Waals surface area contributed by atoms with E-state index in [1.807, 2.05) is 38.1 Å². The van der Waals surface area contributed by atoms with Gasteiger partial charge in [0.25, 0.3) is 0 Å². The van der Waals surface area contributed by atoms with E-state index >= 15 is 0 Å². The lowest BCUT2D eigenvalue weighted by Gasteiger charge is -2.13. The van der Waals surface area contributed by atoms with E-state index in [0.717, 1.165) is 0 Å². The number of esters is 2. The number of para-hydroxylation sites is 1. The van der Waals surface area contributed by atoms with Gasteiger partial charge in [-0.05, 0) is 42.5 Å². The molecule has 0 aliphatic heterocycles. The van der Waals surface area contributed by atoms with Crippen LogP contribution in [0.25, 0.3) is 0 Å². The number of carbonyl (C=O) groups is 3. The third-order valence-electron chi connectivity index (χ3n) is 5.92. The zero-order valence-corrected chi connectivity index (χ0v) is 20.5. The summed E-state index contributed by atoms with van der Waals surface area (Å²) in [6.07, 6.45) is 0.279. The van der Waals surface area contributed by atoms with Gasteiger partial charge < -0.3 is 14.2 Å². The van der Waals surface area contributed by atoms with Gasteiger partial charge in [-0.25, -0.2) is 4.79 Å². The maximum atomic E-state index is 13.0. The van der Waals surface area contributed by atoms with Gasteiger partial charge in [0.1, 0.15) is 23.1 Å². The van der Waals surface area contributed by atoms with Gasteiger partial charge in [0.05, 0.1) is 18.4 Å². The number of Topliss-reactive ketones (excluding diaryl/α,β-unsaturated/α-hetero) is 1. The Morgan fingerprint density at radius 2 is 1.80 bits per heavy atom. The minimum absolute atomic E-state index is 0.0994. The zero-order chi connectivity index (χ0) is 25.6. The predicted octanol–water partition coefficient (Wildman–Crippen LogP) is 5.16. The average Bonchev–Trinajstić information content (AvgIpc) is 3.40. The van der Waals surface area contributed by atoms with Crippen LogP contribution in [0.2, 0.25) is 0 Å². The average molecular weight is 496 g/mol. The van der Waals surface area contributed by atoms with Crippen molar-refractivity contribution in [3.05, 3.63) is 71.8 Å². The summed E-state index contributed by atoms with van der Waals surface area (Å²) in [4.78, 5) is 37.4. The molecule has 2 aromatic rings. The van der Waals surface area contributed by atoms with Crippen molar-refractivity contribution >= 4 is 29.3 Å². The number of allylic oxidation sites excluding steroid dienone is 1. The van der Waals surface area contributed by atoms with Gasteiger partial charge in [-0.1, -0.05) is 50.3 Å². The molecule has 3 rings (SSSR count). The molecule has 3 atom stereocenters. The largest absolute Gasteiger partial charge is 0.462 e. The number of rotatable bonds is 10. The molecule has 0 radical (unpaired) electrons. The Hall–Kier alpha value is -3.63. The van der Waals surface area contributed by atoms with Crippen LogP contribution in [0, 0.1) is 28.6 Å². The van der Waals surface area contributed by atoms with E-state index in [1.54, 1.807) is 43.3 Å². The van der Waals surface area contributed by atoms with Crippen molar-refractivity contribution in [2.75, 3.05) is 12.5 Å². The van der Waals surface area contributed by atoms with E-state index in [4.69, 9.17) is 25.8 Å². The molecule has 0 N–H and O–H groups in total. The molecule has 1 aliphatic rings. The van der Waals surface area contributed by atoms with Crippen molar-refractivity contribution < 1.29 is 28.6 Å². The third kappa shape index (κ3) is 6.09. The Balaban J connectivity index is 1.76. The predicted molar refractivity (Wildman–Crippen MR) is 129 cm³/mol. The maximum absolute atomic E-state index is 13.0. The number of halogens is 1. The topological polar surface area (TPSA) is 103 Å². The second-order valence-electron chi connectivity index (χ2n) is 8.62. The van der Waals surface area contributed by atoms with Crippen molar-refractivity contribution in [2.45, 2.75) is 26.9 Å². The van der Waals surface area contributed by atoms with Crippen LogP contribution in [0.1, 0.15) is 32.4 Å². The summed E-state index contributed by atoms with van der Waals surface area (Å²) in [5, 5.41) is 9.69. The number of benzene rings is 2. The molecule has 0 bridgehead atoms. The van der Waals surface area contributed by atoms with Crippen LogP contribution in [0.5, 0.6) is 11.5 Å². The van der Waals surface area contributed by atoms with Crippen LogP contribution in [-0.4, -0.2) is 30.2 Å². The van der Waals surface area contributed by atoms with Gasteiger partial charge in [-0.2, -0.15) is 5.26 Å². The molecule has 0 aromatic heterocycles. The van der Waals surface area contributed by atoms with Crippen molar-refractivity contribution in [3.63, 3.8) is 0 Å². The molecule has 0 saturated heterocycles. The molecule has 8 heteroatoms. The van der Waals surface area contributed by atoms with Crippen LogP contribution in [0.3, 0.4) is 0 Å². The number of carbonyl (C=O) groups excluding carboxylic acids is 3.